The zero-order chi connectivity index (χ0) is 16.4. The van der Waals surface area contributed by atoms with Crippen molar-refractivity contribution in [3.8, 4) is 0 Å². The van der Waals surface area contributed by atoms with Crippen LogP contribution in [0.5, 0.6) is 0 Å². The molecule has 2 aromatic rings. The fraction of sp³-hybridized carbons (Fsp3) is 0.316. The van der Waals surface area contributed by atoms with Crippen molar-refractivity contribution < 1.29 is 4.39 Å². The minimum Gasteiger partial charge on any atom is -0.332 e. The van der Waals surface area contributed by atoms with Crippen LogP contribution >= 0.6 is 12.2 Å². The highest BCUT2D eigenvalue weighted by molar-refractivity contribution is 7.80. The molecule has 0 bridgehead atoms. The van der Waals surface area contributed by atoms with Gasteiger partial charge in [-0.05, 0) is 79.9 Å². The minimum absolute atomic E-state index is 0.187. The molecule has 1 N–H and O–H groups in total. The van der Waals surface area contributed by atoms with Crippen molar-refractivity contribution in [2.24, 2.45) is 0 Å². The molecular formula is C19H21FN2S. The topological polar surface area (TPSA) is 15.3 Å². The second-order valence-electron chi connectivity index (χ2n) is 6.01. The maximum atomic E-state index is 13.5. The largest absolute Gasteiger partial charge is 0.332 e. The molecule has 1 aliphatic heterocycles. The fourth-order valence-electron chi connectivity index (χ4n) is 3.08. The zero-order valence-corrected chi connectivity index (χ0v) is 14.3. The normalized spacial score (nSPS) is 16.8. The number of fused-ring (bicyclic) bond motifs is 1. The average Bonchev–Trinajstić information content (AvgIpc) is 2.55. The highest BCUT2D eigenvalue weighted by atomic mass is 32.1. The summed E-state index contributed by atoms with van der Waals surface area (Å²) in [6.07, 6.45) is 2.84. The molecule has 2 nitrogen and oxygen atoms in total. The molecule has 2 aromatic carbocycles. The number of nitrogens with zero attached hydrogens (tertiary/aromatic N) is 1. The lowest BCUT2D eigenvalue weighted by atomic mass is 9.97. The molecule has 3 rings (SSSR count). The van der Waals surface area contributed by atoms with Crippen molar-refractivity contribution in [2.75, 3.05) is 10.2 Å². The Morgan fingerprint density at radius 3 is 2.91 bits per heavy atom. The van der Waals surface area contributed by atoms with Gasteiger partial charge in [0.1, 0.15) is 5.82 Å². The van der Waals surface area contributed by atoms with Crippen molar-refractivity contribution in [3.63, 3.8) is 0 Å². The van der Waals surface area contributed by atoms with Crippen LogP contribution in [0.2, 0.25) is 0 Å². The van der Waals surface area contributed by atoms with Crippen LogP contribution in [-0.4, -0.2) is 11.2 Å². The van der Waals surface area contributed by atoms with Gasteiger partial charge >= 0.3 is 0 Å². The van der Waals surface area contributed by atoms with E-state index in [0.29, 0.717) is 11.2 Å². The molecule has 1 heterocycles. The monoisotopic (exact) mass is 328 g/mol. The van der Waals surface area contributed by atoms with Crippen molar-refractivity contribution in [1.82, 2.24) is 0 Å². The van der Waals surface area contributed by atoms with Gasteiger partial charge in [0.25, 0.3) is 0 Å². The number of nitrogens with one attached hydrogen (secondary N) is 1. The molecule has 0 amide bonds. The van der Waals surface area contributed by atoms with E-state index in [0.717, 1.165) is 36.2 Å². The summed E-state index contributed by atoms with van der Waals surface area (Å²) in [6, 6.07) is 13.5. The summed E-state index contributed by atoms with van der Waals surface area (Å²) >= 11 is 5.64. The lowest BCUT2D eigenvalue weighted by Gasteiger charge is -2.37. The van der Waals surface area contributed by atoms with Crippen molar-refractivity contribution >= 4 is 28.7 Å². The SMILES string of the molecule is CCc1cccc(NC(=S)N2c3ccc(F)cc3CC[C@H]2C)c1. The summed E-state index contributed by atoms with van der Waals surface area (Å²) < 4.78 is 13.5. The Balaban J connectivity index is 1.87. The molecule has 0 radical (unpaired) electrons. The van der Waals surface area contributed by atoms with Gasteiger partial charge in [0.2, 0.25) is 0 Å². The molecule has 0 spiro atoms. The van der Waals surface area contributed by atoms with Crippen molar-refractivity contribution in [1.29, 1.82) is 0 Å². The van der Waals surface area contributed by atoms with Gasteiger partial charge < -0.3 is 10.2 Å². The average molecular weight is 328 g/mol. The third-order valence-corrected chi connectivity index (χ3v) is 4.68. The van der Waals surface area contributed by atoms with Gasteiger partial charge in [0, 0.05) is 17.4 Å². The maximum absolute atomic E-state index is 13.5. The van der Waals surface area contributed by atoms with Crippen LogP contribution in [-0.2, 0) is 12.8 Å². The summed E-state index contributed by atoms with van der Waals surface area (Å²) in [7, 11) is 0. The number of rotatable bonds is 2. The number of halogens is 1. The van der Waals surface area contributed by atoms with E-state index in [1.54, 1.807) is 6.07 Å². The van der Waals surface area contributed by atoms with Gasteiger partial charge in [-0.3, -0.25) is 0 Å². The lowest BCUT2D eigenvalue weighted by molar-refractivity contribution is 0.604. The fourth-order valence-corrected chi connectivity index (χ4v) is 3.48. The Bertz CT molecular complexity index is 729. The summed E-state index contributed by atoms with van der Waals surface area (Å²) in [5.74, 6) is -0.187. The molecule has 23 heavy (non-hydrogen) atoms. The number of hydrogen-bond donors (Lipinski definition) is 1. The first kappa shape index (κ1) is 15.9. The number of hydrogen-bond acceptors (Lipinski definition) is 1. The molecule has 1 aliphatic rings. The Labute approximate surface area is 142 Å². The number of aryl methyl sites for hydroxylation is 2. The predicted octanol–water partition coefficient (Wildman–Crippen LogP) is 4.93. The molecule has 0 fully saturated rings. The summed E-state index contributed by atoms with van der Waals surface area (Å²) in [4.78, 5) is 2.10. The Morgan fingerprint density at radius 2 is 2.13 bits per heavy atom. The van der Waals surface area contributed by atoms with E-state index < -0.39 is 0 Å². The quantitative estimate of drug-likeness (QED) is 0.787. The van der Waals surface area contributed by atoms with Crippen LogP contribution in [0.15, 0.2) is 42.5 Å². The highest BCUT2D eigenvalue weighted by Crippen LogP contribution is 2.32. The molecule has 0 aliphatic carbocycles. The van der Waals surface area contributed by atoms with E-state index in [4.69, 9.17) is 12.2 Å². The van der Waals surface area contributed by atoms with E-state index in [1.165, 1.54) is 11.6 Å². The van der Waals surface area contributed by atoms with Gasteiger partial charge in [-0.25, -0.2) is 4.39 Å². The third kappa shape index (κ3) is 3.37. The molecule has 1 atom stereocenters. The predicted molar refractivity (Wildman–Crippen MR) is 98.7 cm³/mol. The third-order valence-electron chi connectivity index (χ3n) is 4.38. The van der Waals surface area contributed by atoms with E-state index >= 15 is 0 Å². The van der Waals surface area contributed by atoms with E-state index in [-0.39, 0.29) is 5.82 Å². The van der Waals surface area contributed by atoms with Crippen LogP contribution in [0.25, 0.3) is 0 Å². The second-order valence-corrected chi connectivity index (χ2v) is 6.40. The van der Waals surface area contributed by atoms with Gasteiger partial charge in [-0.15, -0.1) is 0 Å². The number of anilines is 2. The molecule has 120 valence electrons. The second kappa shape index (κ2) is 6.67. The van der Waals surface area contributed by atoms with Crippen molar-refractivity contribution in [2.45, 2.75) is 39.2 Å². The molecule has 0 unspecified atom stereocenters. The summed E-state index contributed by atoms with van der Waals surface area (Å²) in [5.41, 5.74) is 4.30. The van der Waals surface area contributed by atoms with E-state index in [9.17, 15) is 4.39 Å². The number of thiocarbonyl (C=S) groups is 1. The van der Waals surface area contributed by atoms with Crippen LogP contribution in [0, 0.1) is 5.82 Å². The van der Waals surface area contributed by atoms with Crippen molar-refractivity contribution in [3.05, 3.63) is 59.4 Å². The standard InChI is InChI=1S/C19H21FN2S/c1-3-14-5-4-6-17(11-14)21-19(23)22-13(2)7-8-15-12-16(20)9-10-18(15)22/h4-6,9-13H,3,7-8H2,1-2H3,(H,21,23)/t13-/m1/s1. The zero-order valence-electron chi connectivity index (χ0n) is 13.5. The Morgan fingerprint density at radius 1 is 1.30 bits per heavy atom. The Kier molecular flexibility index (Phi) is 4.62. The molecule has 4 heteroatoms. The minimum atomic E-state index is -0.187. The smallest absolute Gasteiger partial charge is 0.178 e. The van der Waals surface area contributed by atoms with Gasteiger partial charge in [-0.2, -0.15) is 0 Å². The van der Waals surface area contributed by atoms with Crippen LogP contribution < -0.4 is 10.2 Å². The van der Waals surface area contributed by atoms with Gasteiger partial charge in [0.15, 0.2) is 5.11 Å². The van der Waals surface area contributed by atoms with Gasteiger partial charge in [-0.1, -0.05) is 19.1 Å². The summed E-state index contributed by atoms with van der Waals surface area (Å²) in [5, 5.41) is 4.00. The maximum Gasteiger partial charge on any atom is 0.178 e. The van der Waals surface area contributed by atoms with Crippen LogP contribution in [0.4, 0.5) is 15.8 Å². The molecule has 0 saturated carbocycles. The first-order chi connectivity index (χ1) is 11.1. The van der Waals surface area contributed by atoms with Crippen LogP contribution in [0.3, 0.4) is 0 Å². The summed E-state index contributed by atoms with van der Waals surface area (Å²) in [6.45, 7) is 4.29. The van der Waals surface area contributed by atoms with Crippen LogP contribution in [0.1, 0.15) is 31.4 Å². The molecular weight excluding hydrogens is 307 g/mol. The molecule has 0 aromatic heterocycles. The number of benzene rings is 2. The molecule has 0 saturated heterocycles. The highest BCUT2D eigenvalue weighted by Gasteiger charge is 2.26. The van der Waals surface area contributed by atoms with E-state index in [1.807, 2.05) is 18.2 Å². The van der Waals surface area contributed by atoms with E-state index in [2.05, 4.69) is 36.2 Å². The first-order valence-corrected chi connectivity index (χ1v) is 8.47. The first-order valence-electron chi connectivity index (χ1n) is 8.06. The lowest BCUT2D eigenvalue weighted by Crippen LogP contribution is -2.44. The Hall–Kier alpha value is -1.94. The van der Waals surface area contributed by atoms with Gasteiger partial charge in [0.05, 0.1) is 0 Å².